The van der Waals surface area contributed by atoms with E-state index in [0.29, 0.717) is 5.13 Å². The van der Waals surface area contributed by atoms with Crippen molar-refractivity contribution in [2.75, 3.05) is 5.32 Å². The molecule has 0 aliphatic carbocycles. The van der Waals surface area contributed by atoms with Crippen molar-refractivity contribution < 1.29 is 18.0 Å². The first-order chi connectivity index (χ1) is 12.4. The molecule has 0 saturated carbocycles. The Balaban J connectivity index is 1.74. The molecule has 1 N–H and O–H groups in total. The van der Waals surface area contributed by atoms with Crippen molar-refractivity contribution in [1.29, 1.82) is 0 Å². The van der Waals surface area contributed by atoms with Crippen LogP contribution in [0.15, 0.2) is 42.5 Å². The molecule has 1 aromatic heterocycles. The van der Waals surface area contributed by atoms with Crippen molar-refractivity contribution >= 4 is 32.6 Å². The highest BCUT2D eigenvalue weighted by atomic mass is 32.1. The molecule has 0 atom stereocenters. The summed E-state index contributed by atoms with van der Waals surface area (Å²) in [4.78, 5) is 16.6. The van der Waals surface area contributed by atoms with Crippen molar-refractivity contribution in [2.45, 2.75) is 32.4 Å². The van der Waals surface area contributed by atoms with E-state index < -0.39 is 17.6 Å². The Kier molecular flexibility index (Phi) is 5.27. The zero-order valence-electron chi connectivity index (χ0n) is 14.1. The first-order valence-electron chi connectivity index (χ1n) is 8.25. The lowest BCUT2D eigenvalue weighted by atomic mass is 10.1. The summed E-state index contributed by atoms with van der Waals surface area (Å²) in [7, 11) is 0. The third kappa shape index (κ3) is 4.22. The van der Waals surface area contributed by atoms with Gasteiger partial charge in [-0.15, -0.1) is 0 Å². The van der Waals surface area contributed by atoms with E-state index in [1.165, 1.54) is 16.9 Å². The van der Waals surface area contributed by atoms with Gasteiger partial charge in [-0.05, 0) is 54.8 Å². The van der Waals surface area contributed by atoms with Gasteiger partial charge in [-0.3, -0.25) is 10.1 Å². The van der Waals surface area contributed by atoms with Crippen molar-refractivity contribution in [3.63, 3.8) is 0 Å². The Hall–Kier alpha value is -2.41. The number of rotatable bonds is 5. The van der Waals surface area contributed by atoms with E-state index in [2.05, 4.69) is 23.3 Å². The topological polar surface area (TPSA) is 42.0 Å². The summed E-state index contributed by atoms with van der Waals surface area (Å²) in [6.45, 7) is 2.14. The fraction of sp³-hybridized carbons (Fsp3) is 0.263. The molecule has 0 spiro atoms. The van der Waals surface area contributed by atoms with Gasteiger partial charge < -0.3 is 0 Å². The number of nitrogens with zero attached hydrogens (tertiary/aromatic N) is 1. The second kappa shape index (κ2) is 7.45. The predicted octanol–water partition coefficient (Wildman–Crippen LogP) is 5.91. The number of aryl methyl sites for hydroxylation is 1. The van der Waals surface area contributed by atoms with Gasteiger partial charge in [0.1, 0.15) is 0 Å². The standard InChI is InChI=1S/C19H17F3N2OS/c1-2-3-4-12-5-10-15-16(11-12)26-18(23-15)24-17(25)13-6-8-14(9-7-13)19(20,21)22/h5-11H,2-4H2,1H3,(H,23,24,25). The van der Waals surface area contributed by atoms with Crippen molar-refractivity contribution in [1.82, 2.24) is 4.98 Å². The molecule has 7 heteroatoms. The molecule has 2 aromatic carbocycles. The molecule has 26 heavy (non-hydrogen) atoms. The van der Waals surface area contributed by atoms with Gasteiger partial charge in [0.05, 0.1) is 15.8 Å². The fourth-order valence-electron chi connectivity index (χ4n) is 2.54. The molecule has 3 aromatic rings. The van der Waals surface area contributed by atoms with Crippen LogP contribution in [-0.2, 0) is 12.6 Å². The lowest BCUT2D eigenvalue weighted by Gasteiger charge is -2.07. The summed E-state index contributed by atoms with van der Waals surface area (Å²) in [5, 5.41) is 3.08. The Labute approximate surface area is 152 Å². The summed E-state index contributed by atoms with van der Waals surface area (Å²) in [6, 6.07) is 10.1. The number of fused-ring (bicyclic) bond motifs is 1. The van der Waals surface area contributed by atoms with Crippen LogP contribution in [0.25, 0.3) is 10.2 Å². The molecule has 3 rings (SSSR count). The first kappa shape index (κ1) is 18.4. The van der Waals surface area contributed by atoms with Gasteiger partial charge in [-0.25, -0.2) is 4.98 Å². The lowest BCUT2D eigenvalue weighted by Crippen LogP contribution is -2.12. The predicted molar refractivity (Wildman–Crippen MR) is 97.6 cm³/mol. The van der Waals surface area contributed by atoms with Gasteiger partial charge >= 0.3 is 6.18 Å². The van der Waals surface area contributed by atoms with Gasteiger partial charge in [-0.1, -0.05) is 30.7 Å². The van der Waals surface area contributed by atoms with Crippen LogP contribution < -0.4 is 5.32 Å². The molecule has 1 heterocycles. The highest BCUT2D eigenvalue weighted by molar-refractivity contribution is 7.22. The quantitative estimate of drug-likeness (QED) is 0.600. The Morgan fingerprint density at radius 2 is 1.88 bits per heavy atom. The minimum absolute atomic E-state index is 0.154. The van der Waals surface area contributed by atoms with Crippen LogP contribution in [0.3, 0.4) is 0 Å². The second-order valence-electron chi connectivity index (χ2n) is 5.95. The number of hydrogen-bond donors (Lipinski definition) is 1. The summed E-state index contributed by atoms with van der Waals surface area (Å²) in [5.41, 5.74) is 1.39. The average molecular weight is 378 g/mol. The molecular formula is C19H17F3N2OS. The van der Waals surface area contributed by atoms with Crippen LogP contribution in [0, 0.1) is 0 Å². The van der Waals surface area contributed by atoms with Crippen LogP contribution in [0.2, 0.25) is 0 Å². The number of aromatic nitrogens is 1. The summed E-state index contributed by atoms with van der Waals surface area (Å²) < 4.78 is 38.7. The van der Waals surface area contributed by atoms with E-state index in [1.807, 2.05) is 12.1 Å². The molecule has 0 aliphatic heterocycles. The maximum atomic E-state index is 12.6. The normalized spacial score (nSPS) is 11.7. The minimum atomic E-state index is -4.42. The smallest absolute Gasteiger partial charge is 0.298 e. The van der Waals surface area contributed by atoms with E-state index in [-0.39, 0.29) is 5.56 Å². The molecule has 0 bridgehead atoms. The maximum absolute atomic E-state index is 12.6. The fourth-order valence-corrected chi connectivity index (χ4v) is 3.46. The molecule has 0 aliphatic rings. The number of carbonyl (C=O) groups is 1. The number of anilines is 1. The molecule has 3 nitrogen and oxygen atoms in total. The van der Waals surface area contributed by atoms with Gasteiger partial charge in [0.15, 0.2) is 5.13 Å². The largest absolute Gasteiger partial charge is 0.416 e. The third-order valence-electron chi connectivity index (χ3n) is 3.97. The monoisotopic (exact) mass is 378 g/mol. The van der Waals surface area contributed by atoms with Crippen LogP contribution in [0.1, 0.15) is 41.3 Å². The summed E-state index contributed by atoms with van der Waals surface area (Å²) >= 11 is 1.35. The van der Waals surface area contributed by atoms with E-state index >= 15 is 0 Å². The number of halogens is 3. The average Bonchev–Trinajstić information content (AvgIpc) is 3.00. The van der Waals surface area contributed by atoms with Gasteiger partial charge in [0.25, 0.3) is 5.91 Å². The molecule has 0 unspecified atom stereocenters. The number of hydrogen-bond acceptors (Lipinski definition) is 3. The van der Waals surface area contributed by atoms with Gasteiger partial charge in [0, 0.05) is 5.56 Å². The number of carbonyl (C=O) groups excluding carboxylic acids is 1. The zero-order valence-corrected chi connectivity index (χ0v) is 14.9. The first-order valence-corrected chi connectivity index (χ1v) is 9.06. The Morgan fingerprint density at radius 1 is 1.15 bits per heavy atom. The second-order valence-corrected chi connectivity index (χ2v) is 6.98. The highest BCUT2D eigenvalue weighted by Crippen LogP contribution is 2.30. The SMILES string of the molecule is CCCCc1ccc2nc(NC(=O)c3ccc(C(F)(F)F)cc3)sc2c1. The Morgan fingerprint density at radius 3 is 2.54 bits per heavy atom. The van der Waals surface area contributed by atoms with E-state index in [9.17, 15) is 18.0 Å². The number of thiazole rings is 1. The zero-order chi connectivity index (χ0) is 18.7. The summed E-state index contributed by atoms with van der Waals surface area (Å²) in [5.74, 6) is -0.482. The number of alkyl halides is 3. The van der Waals surface area contributed by atoms with Crippen molar-refractivity contribution in [3.05, 3.63) is 59.2 Å². The molecule has 0 radical (unpaired) electrons. The van der Waals surface area contributed by atoms with Crippen LogP contribution in [0.4, 0.5) is 18.3 Å². The number of nitrogens with one attached hydrogen (secondary N) is 1. The van der Waals surface area contributed by atoms with Crippen molar-refractivity contribution in [2.24, 2.45) is 0 Å². The van der Waals surface area contributed by atoms with E-state index in [1.54, 1.807) is 0 Å². The number of amides is 1. The third-order valence-corrected chi connectivity index (χ3v) is 4.90. The van der Waals surface area contributed by atoms with E-state index in [4.69, 9.17) is 0 Å². The summed E-state index contributed by atoms with van der Waals surface area (Å²) in [6.07, 6.45) is -1.19. The number of unbranched alkanes of at least 4 members (excludes halogenated alkanes) is 1. The lowest BCUT2D eigenvalue weighted by molar-refractivity contribution is -0.137. The molecule has 136 valence electrons. The highest BCUT2D eigenvalue weighted by Gasteiger charge is 2.30. The van der Waals surface area contributed by atoms with Gasteiger partial charge in [0.2, 0.25) is 0 Å². The Bertz CT molecular complexity index is 917. The van der Waals surface area contributed by atoms with Crippen molar-refractivity contribution in [3.8, 4) is 0 Å². The van der Waals surface area contributed by atoms with Crippen LogP contribution in [-0.4, -0.2) is 10.9 Å². The maximum Gasteiger partial charge on any atom is 0.416 e. The molecule has 0 saturated heterocycles. The minimum Gasteiger partial charge on any atom is -0.298 e. The van der Waals surface area contributed by atoms with E-state index in [0.717, 1.165) is 53.7 Å². The van der Waals surface area contributed by atoms with Crippen LogP contribution >= 0.6 is 11.3 Å². The molecular weight excluding hydrogens is 361 g/mol. The van der Waals surface area contributed by atoms with Gasteiger partial charge in [-0.2, -0.15) is 13.2 Å². The molecule has 0 fully saturated rings. The number of benzene rings is 2. The van der Waals surface area contributed by atoms with Crippen LogP contribution in [0.5, 0.6) is 0 Å². The molecule has 1 amide bonds.